The van der Waals surface area contributed by atoms with E-state index in [-0.39, 0.29) is 11.9 Å². The highest BCUT2D eigenvalue weighted by molar-refractivity contribution is 6.03. The van der Waals surface area contributed by atoms with Crippen LogP contribution in [-0.2, 0) is 4.79 Å². The molecule has 20 heavy (non-hydrogen) atoms. The third-order valence-electron chi connectivity index (χ3n) is 3.94. The van der Waals surface area contributed by atoms with E-state index in [1.54, 1.807) is 7.05 Å². The van der Waals surface area contributed by atoms with Gasteiger partial charge in [0.05, 0.1) is 12.5 Å². The van der Waals surface area contributed by atoms with Gasteiger partial charge >= 0.3 is 0 Å². The first-order valence-electron chi connectivity index (χ1n) is 7.00. The summed E-state index contributed by atoms with van der Waals surface area (Å²) in [6.07, 6.45) is 2.90. The maximum atomic E-state index is 11.8. The molecule has 1 fully saturated rings. The van der Waals surface area contributed by atoms with Crippen molar-refractivity contribution in [2.45, 2.75) is 31.3 Å². The lowest BCUT2D eigenvalue weighted by Gasteiger charge is -2.24. The molecule has 1 aromatic carbocycles. The van der Waals surface area contributed by atoms with Gasteiger partial charge in [0.25, 0.3) is 0 Å². The number of nitrogens with zero attached hydrogens (tertiary/aromatic N) is 2. The van der Waals surface area contributed by atoms with Gasteiger partial charge < -0.3 is 15.5 Å². The molecule has 2 aliphatic rings. The van der Waals surface area contributed by atoms with Crippen LogP contribution in [-0.4, -0.2) is 25.5 Å². The quantitative estimate of drug-likeness (QED) is 0.856. The second-order valence-electron chi connectivity index (χ2n) is 5.32. The zero-order valence-electron chi connectivity index (χ0n) is 11.5. The molecule has 3 rings (SSSR count). The predicted octanol–water partition coefficient (Wildman–Crippen LogP) is 1.78. The molecule has 0 radical (unpaired) electrons. The number of nitrogens with one attached hydrogen (secondary N) is 2. The van der Waals surface area contributed by atoms with Gasteiger partial charge in [0.15, 0.2) is 0 Å². The average Bonchev–Trinajstić information content (AvgIpc) is 3.22. The van der Waals surface area contributed by atoms with Crippen LogP contribution in [0.25, 0.3) is 0 Å². The van der Waals surface area contributed by atoms with Gasteiger partial charge in [-0.1, -0.05) is 6.07 Å². The Morgan fingerprint density at radius 3 is 2.95 bits per heavy atom. The zero-order valence-corrected chi connectivity index (χ0v) is 11.5. The Morgan fingerprint density at radius 1 is 1.50 bits per heavy atom. The molecule has 0 saturated heterocycles. The molecule has 1 aliphatic carbocycles. The van der Waals surface area contributed by atoms with Gasteiger partial charge in [-0.2, -0.15) is 5.26 Å². The van der Waals surface area contributed by atoms with E-state index in [1.807, 2.05) is 12.1 Å². The molecule has 1 atom stereocenters. The van der Waals surface area contributed by atoms with Gasteiger partial charge in [0.2, 0.25) is 5.91 Å². The molecule has 1 amide bonds. The number of likely N-dealkylation sites (N-methyl/N-ethyl adjacent to an activating group) is 1. The number of amides is 1. The minimum Gasteiger partial charge on any atom is -0.367 e. The van der Waals surface area contributed by atoms with E-state index in [9.17, 15) is 4.79 Å². The van der Waals surface area contributed by atoms with E-state index in [0.717, 1.165) is 23.5 Å². The number of benzene rings is 1. The van der Waals surface area contributed by atoms with Crippen LogP contribution in [0.5, 0.6) is 0 Å². The van der Waals surface area contributed by atoms with Crippen LogP contribution in [0.3, 0.4) is 0 Å². The first-order valence-corrected chi connectivity index (χ1v) is 7.00. The van der Waals surface area contributed by atoms with Crippen molar-refractivity contribution >= 4 is 17.3 Å². The summed E-state index contributed by atoms with van der Waals surface area (Å²) in [6.45, 7) is 0.753. The third kappa shape index (κ3) is 2.23. The van der Waals surface area contributed by atoms with E-state index >= 15 is 0 Å². The number of hydrogen-bond acceptors (Lipinski definition) is 4. The second kappa shape index (κ2) is 5.14. The molecule has 1 heterocycles. The van der Waals surface area contributed by atoms with Crippen molar-refractivity contribution in [3.63, 3.8) is 0 Å². The van der Waals surface area contributed by atoms with Gasteiger partial charge in [-0.25, -0.2) is 0 Å². The summed E-state index contributed by atoms with van der Waals surface area (Å²) >= 11 is 0. The monoisotopic (exact) mass is 270 g/mol. The van der Waals surface area contributed by atoms with E-state index in [4.69, 9.17) is 5.26 Å². The van der Waals surface area contributed by atoms with Crippen LogP contribution in [0, 0.1) is 11.3 Å². The first kappa shape index (κ1) is 12.9. The van der Waals surface area contributed by atoms with Gasteiger partial charge in [-0.15, -0.1) is 0 Å². The largest absolute Gasteiger partial charge is 0.367 e. The lowest BCUT2D eigenvalue weighted by Crippen LogP contribution is -2.26. The van der Waals surface area contributed by atoms with Crippen molar-refractivity contribution in [2.24, 2.45) is 0 Å². The number of fused-ring (bicyclic) bond motifs is 1. The maximum absolute atomic E-state index is 11.8. The van der Waals surface area contributed by atoms with Crippen molar-refractivity contribution in [2.75, 3.05) is 23.8 Å². The van der Waals surface area contributed by atoms with Crippen molar-refractivity contribution in [3.05, 3.63) is 23.8 Å². The van der Waals surface area contributed by atoms with Crippen LogP contribution in [0.15, 0.2) is 18.2 Å². The van der Waals surface area contributed by atoms with Crippen molar-refractivity contribution in [1.29, 1.82) is 5.26 Å². The molecule has 1 unspecified atom stereocenters. The number of anilines is 2. The molecule has 2 N–H and O–H groups in total. The Kier molecular flexibility index (Phi) is 3.33. The summed E-state index contributed by atoms with van der Waals surface area (Å²) in [6, 6.07) is 8.59. The molecule has 1 saturated carbocycles. The standard InChI is InChI=1S/C15H18N4O/c1-17-14-12-6-5-11(9-13(12)18-15(14)20)19(8-2-7-16)10-3-4-10/h5-6,9-10,14,17H,2-4,8H2,1H3,(H,18,20). The molecule has 1 aromatic rings. The normalized spacial score (nSPS) is 20.2. The smallest absolute Gasteiger partial charge is 0.246 e. The number of carbonyl (C=O) groups is 1. The van der Waals surface area contributed by atoms with E-state index in [1.165, 1.54) is 12.8 Å². The van der Waals surface area contributed by atoms with Crippen molar-refractivity contribution in [1.82, 2.24) is 5.32 Å². The highest BCUT2D eigenvalue weighted by atomic mass is 16.2. The summed E-state index contributed by atoms with van der Waals surface area (Å²) in [5.41, 5.74) is 2.98. The lowest BCUT2D eigenvalue weighted by atomic mass is 10.1. The fourth-order valence-electron chi connectivity index (χ4n) is 2.79. The molecule has 0 bridgehead atoms. The highest BCUT2D eigenvalue weighted by Gasteiger charge is 2.32. The van der Waals surface area contributed by atoms with Crippen LogP contribution >= 0.6 is 0 Å². The first-order chi connectivity index (χ1) is 9.74. The zero-order chi connectivity index (χ0) is 14.1. The summed E-state index contributed by atoms with van der Waals surface area (Å²) in [5, 5.41) is 14.7. The number of hydrogen-bond donors (Lipinski definition) is 2. The SMILES string of the molecule is CNC1C(=O)Nc2cc(N(CCC#N)C3CC3)ccc21. The van der Waals surface area contributed by atoms with Crippen molar-refractivity contribution < 1.29 is 4.79 Å². The summed E-state index contributed by atoms with van der Waals surface area (Å²) in [5.74, 6) is -0.00496. The fraction of sp³-hybridized carbons (Fsp3) is 0.467. The Hall–Kier alpha value is -2.06. The highest BCUT2D eigenvalue weighted by Crippen LogP contribution is 2.37. The van der Waals surface area contributed by atoms with Crippen LogP contribution < -0.4 is 15.5 Å². The molecule has 0 spiro atoms. The molecule has 1 aliphatic heterocycles. The molecule has 104 valence electrons. The number of nitriles is 1. The maximum Gasteiger partial charge on any atom is 0.246 e. The van der Waals surface area contributed by atoms with Gasteiger partial charge in [-0.05, 0) is 32.0 Å². The molecule has 5 nitrogen and oxygen atoms in total. The molecular weight excluding hydrogens is 252 g/mol. The number of rotatable bonds is 5. The van der Waals surface area contributed by atoms with Gasteiger partial charge in [-0.3, -0.25) is 4.79 Å². The Balaban J connectivity index is 1.87. The van der Waals surface area contributed by atoms with E-state index in [2.05, 4.69) is 27.7 Å². The van der Waals surface area contributed by atoms with E-state index < -0.39 is 0 Å². The average molecular weight is 270 g/mol. The lowest BCUT2D eigenvalue weighted by molar-refractivity contribution is -0.117. The molecular formula is C15H18N4O. The molecule has 0 aromatic heterocycles. The second-order valence-corrected chi connectivity index (χ2v) is 5.32. The van der Waals surface area contributed by atoms with Crippen LogP contribution in [0.4, 0.5) is 11.4 Å². The van der Waals surface area contributed by atoms with Crippen molar-refractivity contribution in [3.8, 4) is 6.07 Å². The van der Waals surface area contributed by atoms with Crippen LogP contribution in [0.1, 0.15) is 30.9 Å². The van der Waals surface area contributed by atoms with Gasteiger partial charge in [0, 0.05) is 29.5 Å². The third-order valence-corrected chi connectivity index (χ3v) is 3.94. The van der Waals surface area contributed by atoms with Gasteiger partial charge in [0.1, 0.15) is 6.04 Å². The Morgan fingerprint density at radius 2 is 2.30 bits per heavy atom. The van der Waals surface area contributed by atoms with E-state index in [0.29, 0.717) is 12.5 Å². The fourth-order valence-corrected chi connectivity index (χ4v) is 2.79. The molecule has 5 heteroatoms. The number of carbonyl (C=O) groups excluding carboxylic acids is 1. The van der Waals surface area contributed by atoms with Crippen LogP contribution in [0.2, 0.25) is 0 Å². The summed E-state index contributed by atoms with van der Waals surface area (Å²) in [4.78, 5) is 14.1. The Bertz CT molecular complexity index is 574. The Labute approximate surface area is 118 Å². The summed E-state index contributed by atoms with van der Waals surface area (Å²) in [7, 11) is 1.79. The topological polar surface area (TPSA) is 68.2 Å². The minimum absolute atomic E-state index is 0.00496. The predicted molar refractivity (Wildman–Crippen MR) is 77.5 cm³/mol. The summed E-state index contributed by atoms with van der Waals surface area (Å²) < 4.78 is 0. The minimum atomic E-state index is -0.257.